The van der Waals surface area contributed by atoms with E-state index in [0.717, 1.165) is 43.2 Å². The van der Waals surface area contributed by atoms with Crippen molar-refractivity contribution >= 4 is 11.6 Å². The molecule has 0 spiro atoms. The van der Waals surface area contributed by atoms with E-state index in [-0.39, 0.29) is 5.91 Å². The number of carbonyl (C=O) groups is 1. The Bertz CT molecular complexity index is 482. The van der Waals surface area contributed by atoms with Crippen LogP contribution in [-0.4, -0.2) is 48.4 Å². The number of benzene rings is 1. The number of carbonyl (C=O) groups excluding carboxylic acids is 1. The molecular formula is C16H23N3O. The van der Waals surface area contributed by atoms with E-state index in [9.17, 15) is 4.79 Å². The van der Waals surface area contributed by atoms with E-state index in [1.165, 1.54) is 19.4 Å². The normalized spacial score (nSPS) is 20.1. The molecule has 0 bridgehead atoms. The van der Waals surface area contributed by atoms with Gasteiger partial charge in [0.05, 0.1) is 0 Å². The van der Waals surface area contributed by atoms with Gasteiger partial charge >= 0.3 is 0 Å². The summed E-state index contributed by atoms with van der Waals surface area (Å²) in [6.45, 7) is 6.87. The number of nitrogen functional groups attached to an aromatic ring is 1. The van der Waals surface area contributed by atoms with Crippen LogP contribution in [0.4, 0.5) is 5.69 Å². The number of amides is 1. The van der Waals surface area contributed by atoms with Crippen LogP contribution in [0.1, 0.15) is 28.8 Å². The molecule has 4 heteroatoms. The number of piperazine rings is 1. The van der Waals surface area contributed by atoms with Crippen molar-refractivity contribution in [2.75, 3.05) is 38.5 Å². The molecule has 3 rings (SSSR count). The fraction of sp³-hybridized carbons (Fsp3) is 0.562. The number of hydrogen-bond donors (Lipinski definition) is 1. The first kappa shape index (κ1) is 13.4. The average molecular weight is 273 g/mol. The second kappa shape index (κ2) is 5.44. The average Bonchev–Trinajstić information content (AvgIpc) is 3.22. The van der Waals surface area contributed by atoms with Gasteiger partial charge in [-0.3, -0.25) is 9.69 Å². The van der Waals surface area contributed by atoms with Crippen molar-refractivity contribution in [3.8, 4) is 0 Å². The standard InChI is InChI=1S/C16H23N3O/c1-12-8-14(10-15(17)9-12)16(20)19-6-4-18(5-7-19)11-13-2-3-13/h8-10,13H,2-7,11,17H2,1H3. The van der Waals surface area contributed by atoms with Crippen LogP contribution in [0.15, 0.2) is 18.2 Å². The molecule has 1 aliphatic carbocycles. The van der Waals surface area contributed by atoms with E-state index in [1.54, 1.807) is 6.07 Å². The third kappa shape index (κ3) is 3.12. The second-order valence-electron chi connectivity index (χ2n) is 6.17. The van der Waals surface area contributed by atoms with Gasteiger partial charge in [0.2, 0.25) is 0 Å². The predicted molar refractivity (Wildman–Crippen MR) is 80.7 cm³/mol. The lowest BCUT2D eigenvalue weighted by molar-refractivity contribution is 0.0632. The molecule has 0 atom stereocenters. The quantitative estimate of drug-likeness (QED) is 0.854. The Morgan fingerprint density at radius 3 is 2.50 bits per heavy atom. The molecule has 20 heavy (non-hydrogen) atoms. The fourth-order valence-corrected chi connectivity index (χ4v) is 2.92. The van der Waals surface area contributed by atoms with Gasteiger partial charge in [0.15, 0.2) is 0 Å². The van der Waals surface area contributed by atoms with Crippen LogP contribution < -0.4 is 5.73 Å². The van der Waals surface area contributed by atoms with E-state index in [4.69, 9.17) is 5.73 Å². The molecule has 2 N–H and O–H groups in total. The number of nitrogens with zero attached hydrogens (tertiary/aromatic N) is 2. The highest BCUT2D eigenvalue weighted by Gasteiger charge is 2.27. The van der Waals surface area contributed by atoms with E-state index in [1.807, 2.05) is 24.0 Å². The van der Waals surface area contributed by atoms with E-state index < -0.39 is 0 Å². The first-order valence-corrected chi connectivity index (χ1v) is 7.50. The summed E-state index contributed by atoms with van der Waals surface area (Å²) < 4.78 is 0. The molecule has 2 aliphatic rings. The molecule has 0 radical (unpaired) electrons. The molecular weight excluding hydrogens is 250 g/mol. The highest BCUT2D eigenvalue weighted by molar-refractivity contribution is 5.95. The summed E-state index contributed by atoms with van der Waals surface area (Å²) in [5.74, 6) is 1.04. The van der Waals surface area contributed by atoms with Crippen molar-refractivity contribution in [2.24, 2.45) is 5.92 Å². The minimum atomic E-state index is 0.117. The smallest absolute Gasteiger partial charge is 0.254 e. The van der Waals surface area contributed by atoms with Crippen LogP contribution in [0.3, 0.4) is 0 Å². The minimum Gasteiger partial charge on any atom is -0.399 e. The molecule has 4 nitrogen and oxygen atoms in total. The molecule has 0 unspecified atom stereocenters. The summed E-state index contributed by atoms with van der Waals surface area (Å²) >= 11 is 0. The Labute approximate surface area is 120 Å². The monoisotopic (exact) mass is 273 g/mol. The van der Waals surface area contributed by atoms with Gasteiger partial charge in [-0.15, -0.1) is 0 Å². The van der Waals surface area contributed by atoms with E-state index in [2.05, 4.69) is 4.90 Å². The zero-order chi connectivity index (χ0) is 14.1. The minimum absolute atomic E-state index is 0.117. The van der Waals surface area contributed by atoms with Crippen LogP contribution in [0, 0.1) is 12.8 Å². The van der Waals surface area contributed by atoms with Gasteiger partial charge in [-0.05, 0) is 49.4 Å². The summed E-state index contributed by atoms with van der Waals surface area (Å²) in [5.41, 5.74) is 8.26. The third-order valence-electron chi connectivity index (χ3n) is 4.22. The lowest BCUT2D eigenvalue weighted by Crippen LogP contribution is -2.49. The highest BCUT2D eigenvalue weighted by Crippen LogP contribution is 2.30. The van der Waals surface area contributed by atoms with Crippen LogP contribution in [0.5, 0.6) is 0 Å². The molecule has 2 fully saturated rings. The maximum atomic E-state index is 12.5. The van der Waals surface area contributed by atoms with E-state index in [0.29, 0.717) is 5.69 Å². The van der Waals surface area contributed by atoms with E-state index >= 15 is 0 Å². The summed E-state index contributed by atoms with van der Waals surface area (Å²) in [4.78, 5) is 16.9. The van der Waals surface area contributed by atoms with Gasteiger partial charge in [0.25, 0.3) is 5.91 Å². The Kier molecular flexibility index (Phi) is 3.66. The molecule has 108 valence electrons. The number of aryl methyl sites for hydroxylation is 1. The summed E-state index contributed by atoms with van der Waals surface area (Å²) in [6, 6.07) is 5.60. The van der Waals surface area contributed by atoms with Crippen molar-refractivity contribution in [3.05, 3.63) is 29.3 Å². The number of anilines is 1. The van der Waals surface area contributed by atoms with Gasteiger partial charge in [0.1, 0.15) is 0 Å². The Balaban J connectivity index is 1.60. The number of rotatable bonds is 3. The Morgan fingerprint density at radius 1 is 1.20 bits per heavy atom. The summed E-state index contributed by atoms with van der Waals surface area (Å²) in [6.07, 6.45) is 2.78. The third-order valence-corrected chi connectivity index (χ3v) is 4.22. The zero-order valence-corrected chi connectivity index (χ0v) is 12.1. The molecule has 1 heterocycles. The second-order valence-corrected chi connectivity index (χ2v) is 6.17. The number of hydrogen-bond acceptors (Lipinski definition) is 3. The lowest BCUT2D eigenvalue weighted by Gasteiger charge is -2.34. The first-order chi connectivity index (χ1) is 9.61. The fourth-order valence-electron chi connectivity index (χ4n) is 2.92. The van der Waals surface area contributed by atoms with Crippen molar-refractivity contribution in [3.63, 3.8) is 0 Å². The van der Waals surface area contributed by atoms with Crippen LogP contribution in [-0.2, 0) is 0 Å². The van der Waals surface area contributed by atoms with Gasteiger partial charge in [-0.2, -0.15) is 0 Å². The summed E-state index contributed by atoms with van der Waals surface area (Å²) in [5, 5.41) is 0. The maximum absolute atomic E-state index is 12.5. The summed E-state index contributed by atoms with van der Waals surface area (Å²) in [7, 11) is 0. The molecule has 1 amide bonds. The molecule has 0 aromatic heterocycles. The van der Waals surface area contributed by atoms with Crippen molar-refractivity contribution in [1.29, 1.82) is 0 Å². The molecule has 1 saturated heterocycles. The predicted octanol–water partition coefficient (Wildman–Crippen LogP) is 1.75. The highest BCUT2D eigenvalue weighted by atomic mass is 16.2. The van der Waals surface area contributed by atoms with Gasteiger partial charge in [0, 0.05) is 44.0 Å². The largest absolute Gasteiger partial charge is 0.399 e. The van der Waals surface area contributed by atoms with Gasteiger partial charge < -0.3 is 10.6 Å². The Morgan fingerprint density at radius 2 is 1.90 bits per heavy atom. The van der Waals surface area contributed by atoms with Crippen LogP contribution in [0.2, 0.25) is 0 Å². The van der Waals surface area contributed by atoms with Gasteiger partial charge in [-0.1, -0.05) is 0 Å². The number of nitrogens with two attached hydrogens (primary N) is 1. The first-order valence-electron chi connectivity index (χ1n) is 7.50. The SMILES string of the molecule is Cc1cc(N)cc(C(=O)N2CCN(CC3CC3)CC2)c1. The molecule has 1 saturated carbocycles. The topological polar surface area (TPSA) is 49.6 Å². The maximum Gasteiger partial charge on any atom is 0.254 e. The van der Waals surface area contributed by atoms with Crippen LogP contribution >= 0.6 is 0 Å². The Hall–Kier alpha value is -1.55. The van der Waals surface area contributed by atoms with Crippen molar-refractivity contribution < 1.29 is 4.79 Å². The van der Waals surface area contributed by atoms with Crippen LogP contribution in [0.25, 0.3) is 0 Å². The van der Waals surface area contributed by atoms with Crippen molar-refractivity contribution in [1.82, 2.24) is 9.80 Å². The lowest BCUT2D eigenvalue weighted by atomic mass is 10.1. The van der Waals surface area contributed by atoms with Gasteiger partial charge in [-0.25, -0.2) is 0 Å². The zero-order valence-electron chi connectivity index (χ0n) is 12.1. The molecule has 1 aliphatic heterocycles. The van der Waals surface area contributed by atoms with Crippen molar-refractivity contribution in [2.45, 2.75) is 19.8 Å². The molecule has 1 aromatic rings. The molecule has 1 aromatic carbocycles.